The van der Waals surface area contributed by atoms with Crippen LogP contribution in [0.25, 0.3) is 0 Å². The van der Waals surface area contributed by atoms with Crippen molar-refractivity contribution < 1.29 is 9.59 Å². The van der Waals surface area contributed by atoms with Crippen LogP contribution in [0.15, 0.2) is 48.8 Å². The highest BCUT2D eigenvalue weighted by Gasteiger charge is 2.14. The molecule has 0 radical (unpaired) electrons. The van der Waals surface area contributed by atoms with E-state index in [4.69, 9.17) is 0 Å². The topological polar surface area (TPSA) is 71.1 Å². The van der Waals surface area contributed by atoms with Crippen LogP contribution < -0.4 is 10.6 Å². The lowest BCUT2D eigenvalue weighted by Crippen LogP contribution is -2.27. The highest BCUT2D eigenvalue weighted by Crippen LogP contribution is 2.22. The van der Waals surface area contributed by atoms with Gasteiger partial charge in [0.05, 0.1) is 11.9 Å². The molecule has 24 heavy (non-hydrogen) atoms. The third-order valence-electron chi connectivity index (χ3n) is 3.60. The number of rotatable bonds is 5. The summed E-state index contributed by atoms with van der Waals surface area (Å²) in [6.07, 6.45) is 3.43. The molecule has 1 aromatic carbocycles. The van der Waals surface area contributed by atoms with Gasteiger partial charge in [0, 0.05) is 24.7 Å². The van der Waals surface area contributed by atoms with Gasteiger partial charge in [0.25, 0.3) is 5.91 Å². The lowest BCUT2D eigenvalue weighted by atomic mass is 9.87. The molecule has 2 rings (SSSR count). The van der Waals surface area contributed by atoms with E-state index in [1.165, 1.54) is 5.56 Å². The van der Waals surface area contributed by atoms with Gasteiger partial charge in [0.15, 0.2) is 0 Å². The first-order valence-corrected chi connectivity index (χ1v) is 7.95. The predicted molar refractivity (Wildman–Crippen MR) is 95.0 cm³/mol. The van der Waals surface area contributed by atoms with E-state index in [1.54, 1.807) is 24.5 Å². The van der Waals surface area contributed by atoms with Crippen molar-refractivity contribution in [3.63, 3.8) is 0 Å². The third kappa shape index (κ3) is 5.19. The number of pyridine rings is 1. The van der Waals surface area contributed by atoms with Crippen molar-refractivity contribution in [2.75, 3.05) is 11.9 Å². The highest BCUT2D eigenvalue weighted by atomic mass is 16.2. The average molecular weight is 325 g/mol. The zero-order chi connectivity index (χ0) is 17.6. The molecule has 0 saturated carbocycles. The van der Waals surface area contributed by atoms with E-state index in [1.807, 2.05) is 24.3 Å². The largest absolute Gasteiger partial charge is 0.352 e. The molecule has 1 heterocycles. The van der Waals surface area contributed by atoms with Crippen molar-refractivity contribution in [2.24, 2.45) is 0 Å². The number of nitrogens with zero attached hydrogens (tertiary/aromatic N) is 1. The summed E-state index contributed by atoms with van der Waals surface area (Å²) in [5.41, 5.74) is 2.47. The van der Waals surface area contributed by atoms with E-state index in [-0.39, 0.29) is 30.2 Å². The smallest absolute Gasteiger partial charge is 0.251 e. The van der Waals surface area contributed by atoms with Crippen LogP contribution in [0.4, 0.5) is 5.69 Å². The summed E-state index contributed by atoms with van der Waals surface area (Å²) in [4.78, 5) is 27.8. The van der Waals surface area contributed by atoms with Gasteiger partial charge in [0.2, 0.25) is 5.91 Å². The molecule has 0 unspecified atom stereocenters. The van der Waals surface area contributed by atoms with Crippen LogP contribution in [0, 0.1) is 0 Å². The molecule has 2 amide bonds. The minimum atomic E-state index is -0.176. The Hall–Kier alpha value is -2.69. The molecule has 0 atom stereocenters. The molecule has 2 N–H and O–H groups in total. The first-order valence-electron chi connectivity index (χ1n) is 7.95. The Morgan fingerprint density at radius 3 is 2.38 bits per heavy atom. The summed E-state index contributed by atoms with van der Waals surface area (Å²) in [6.45, 7) is 6.67. The fraction of sp³-hybridized carbons (Fsp3) is 0.316. The van der Waals surface area contributed by atoms with E-state index in [0.29, 0.717) is 11.3 Å². The molecule has 0 aliphatic heterocycles. The summed E-state index contributed by atoms with van der Waals surface area (Å²) >= 11 is 0. The van der Waals surface area contributed by atoms with Gasteiger partial charge in [-0.3, -0.25) is 14.6 Å². The van der Waals surface area contributed by atoms with Gasteiger partial charge in [0.1, 0.15) is 0 Å². The number of carbonyl (C=O) groups excluding carboxylic acids is 2. The monoisotopic (exact) mass is 325 g/mol. The highest BCUT2D eigenvalue weighted by molar-refractivity contribution is 5.95. The third-order valence-corrected chi connectivity index (χ3v) is 3.60. The number of anilines is 1. The fourth-order valence-corrected chi connectivity index (χ4v) is 2.17. The van der Waals surface area contributed by atoms with Gasteiger partial charge in [-0.15, -0.1) is 0 Å². The van der Waals surface area contributed by atoms with Crippen LogP contribution in [-0.2, 0) is 10.2 Å². The quantitative estimate of drug-likeness (QED) is 0.887. The molecule has 1 aromatic heterocycles. The van der Waals surface area contributed by atoms with Crippen LogP contribution in [0.2, 0.25) is 0 Å². The summed E-state index contributed by atoms with van der Waals surface area (Å²) in [7, 11) is 0. The van der Waals surface area contributed by atoms with E-state index >= 15 is 0 Å². The van der Waals surface area contributed by atoms with Gasteiger partial charge in [-0.25, -0.2) is 0 Å². The summed E-state index contributed by atoms with van der Waals surface area (Å²) < 4.78 is 0. The molecule has 0 spiro atoms. The average Bonchev–Trinajstić information content (AvgIpc) is 2.55. The number of nitrogens with one attached hydrogen (secondary N) is 2. The molecule has 5 nitrogen and oxygen atoms in total. The summed E-state index contributed by atoms with van der Waals surface area (Å²) in [6, 6.07) is 11.1. The zero-order valence-corrected chi connectivity index (χ0v) is 14.3. The van der Waals surface area contributed by atoms with Crippen LogP contribution in [0.1, 0.15) is 43.1 Å². The summed E-state index contributed by atoms with van der Waals surface area (Å²) in [5.74, 6) is -0.337. The van der Waals surface area contributed by atoms with Gasteiger partial charge in [-0.1, -0.05) is 32.9 Å². The van der Waals surface area contributed by atoms with Crippen LogP contribution in [0.3, 0.4) is 0 Å². The molecule has 0 aliphatic carbocycles. The Morgan fingerprint density at radius 2 is 1.79 bits per heavy atom. The van der Waals surface area contributed by atoms with Crippen molar-refractivity contribution in [2.45, 2.75) is 32.6 Å². The standard InChI is InChI=1S/C19H23N3O2/c1-19(2,3)15-8-6-14(7-9-15)18(24)21-12-10-17(23)22-16-5-4-11-20-13-16/h4-9,11,13H,10,12H2,1-3H3,(H,21,24)(H,22,23). The number of amides is 2. The normalized spacial score (nSPS) is 11.0. The Morgan fingerprint density at radius 1 is 1.08 bits per heavy atom. The molecule has 0 saturated heterocycles. The summed E-state index contributed by atoms with van der Waals surface area (Å²) in [5, 5.41) is 5.49. The van der Waals surface area contributed by atoms with E-state index in [9.17, 15) is 9.59 Å². The molecule has 126 valence electrons. The molecule has 0 aliphatic rings. The van der Waals surface area contributed by atoms with Gasteiger partial charge in [-0.05, 0) is 35.2 Å². The van der Waals surface area contributed by atoms with E-state index < -0.39 is 0 Å². The maximum absolute atomic E-state index is 12.1. The fourth-order valence-electron chi connectivity index (χ4n) is 2.17. The van der Waals surface area contributed by atoms with Gasteiger partial charge >= 0.3 is 0 Å². The SMILES string of the molecule is CC(C)(C)c1ccc(C(=O)NCCC(=O)Nc2cccnc2)cc1. The van der Waals surface area contributed by atoms with Crippen molar-refractivity contribution in [1.29, 1.82) is 0 Å². The minimum absolute atomic E-state index is 0.0550. The molecular formula is C19H23N3O2. The van der Waals surface area contributed by atoms with Crippen molar-refractivity contribution in [3.8, 4) is 0 Å². The van der Waals surface area contributed by atoms with Crippen molar-refractivity contribution in [3.05, 3.63) is 59.9 Å². The molecule has 2 aromatic rings. The Labute approximate surface area is 142 Å². The minimum Gasteiger partial charge on any atom is -0.352 e. The van der Waals surface area contributed by atoms with Crippen LogP contribution >= 0.6 is 0 Å². The molecule has 0 fully saturated rings. The Kier molecular flexibility index (Phi) is 5.68. The lowest BCUT2D eigenvalue weighted by molar-refractivity contribution is -0.116. The Balaban J connectivity index is 1.80. The van der Waals surface area contributed by atoms with E-state index in [0.717, 1.165) is 0 Å². The van der Waals surface area contributed by atoms with Crippen molar-refractivity contribution >= 4 is 17.5 Å². The number of hydrogen-bond donors (Lipinski definition) is 2. The van der Waals surface area contributed by atoms with Gasteiger partial charge in [-0.2, -0.15) is 0 Å². The number of benzene rings is 1. The van der Waals surface area contributed by atoms with Crippen LogP contribution in [-0.4, -0.2) is 23.3 Å². The number of hydrogen-bond acceptors (Lipinski definition) is 3. The maximum atomic E-state index is 12.1. The van der Waals surface area contributed by atoms with Crippen LogP contribution in [0.5, 0.6) is 0 Å². The first kappa shape index (κ1) is 17.7. The molecule has 0 bridgehead atoms. The number of aromatic nitrogens is 1. The first-order chi connectivity index (χ1) is 11.4. The predicted octanol–water partition coefficient (Wildman–Crippen LogP) is 3.14. The number of carbonyl (C=O) groups is 2. The second-order valence-corrected chi connectivity index (χ2v) is 6.62. The lowest BCUT2D eigenvalue weighted by Gasteiger charge is -2.19. The van der Waals surface area contributed by atoms with Gasteiger partial charge < -0.3 is 10.6 Å². The Bertz CT molecular complexity index is 689. The van der Waals surface area contributed by atoms with E-state index in [2.05, 4.69) is 36.4 Å². The second-order valence-electron chi connectivity index (χ2n) is 6.62. The maximum Gasteiger partial charge on any atom is 0.251 e. The van der Waals surface area contributed by atoms with Crippen molar-refractivity contribution in [1.82, 2.24) is 10.3 Å². The second kappa shape index (κ2) is 7.73. The molecular weight excluding hydrogens is 302 g/mol. The zero-order valence-electron chi connectivity index (χ0n) is 14.3. The molecule has 5 heteroatoms.